The molecule has 0 aliphatic carbocycles. The van der Waals surface area contributed by atoms with Crippen LogP contribution in [0.25, 0.3) is 11.3 Å². The van der Waals surface area contributed by atoms with Gasteiger partial charge in [0.15, 0.2) is 0 Å². The SMILES string of the molecule is COc1ccc(-c2nn(C)c(Cl)c2SC)c(F)c1. The van der Waals surface area contributed by atoms with Crippen molar-refractivity contribution in [1.82, 2.24) is 9.78 Å². The zero-order valence-electron chi connectivity index (χ0n) is 10.2. The maximum absolute atomic E-state index is 14.0. The molecule has 0 aliphatic rings. The molecular formula is C12H12ClFN2OS. The Morgan fingerprint density at radius 1 is 1.44 bits per heavy atom. The molecule has 6 heteroatoms. The number of aromatic nitrogens is 2. The van der Waals surface area contributed by atoms with Crippen LogP contribution in [-0.2, 0) is 7.05 Å². The average molecular weight is 287 g/mol. The number of nitrogens with zero attached hydrogens (tertiary/aromatic N) is 2. The normalized spacial score (nSPS) is 10.7. The Balaban J connectivity index is 2.58. The Kier molecular flexibility index (Phi) is 3.82. The summed E-state index contributed by atoms with van der Waals surface area (Å²) >= 11 is 7.55. The maximum atomic E-state index is 14.0. The first-order valence-corrected chi connectivity index (χ1v) is 6.79. The highest BCUT2D eigenvalue weighted by atomic mass is 35.5. The first-order valence-electron chi connectivity index (χ1n) is 5.19. The summed E-state index contributed by atoms with van der Waals surface area (Å²) in [6, 6.07) is 4.68. The summed E-state index contributed by atoms with van der Waals surface area (Å²) in [5.41, 5.74) is 0.970. The molecule has 1 aromatic heterocycles. The molecule has 0 aliphatic heterocycles. The van der Waals surface area contributed by atoms with E-state index in [1.165, 1.54) is 29.6 Å². The lowest BCUT2D eigenvalue weighted by molar-refractivity contribution is 0.411. The number of rotatable bonds is 3. The lowest BCUT2D eigenvalue weighted by atomic mass is 10.1. The van der Waals surface area contributed by atoms with Crippen LogP contribution in [0.3, 0.4) is 0 Å². The number of aryl methyl sites for hydroxylation is 1. The lowest BCUT2D eigenvalue weighted by Crippen LogP contribution is -1.92. The fraction of sp³-hybridized carbons (Fsp3) is 0.250. The van der Waals surface area contributed by atoms with E-state index in [4.69, 9.17) is 16.3 Å². The van der Waals surface area contributed by atoms with Crippen LogP contribution in [0.4, 0.5) is 4.39 Å². The summed E-state index contributed by atoms with van der Waals surface area (Å²) in [6.07, 6.45) is 1.88. The van der Waals surface area contributed by atoms with Crippen molar-refractivity contribution >= 4 is 23.4 Å². The zero-order chi connectivity index (χ0) is 13.3. The summed E-state index contributed by atoms with van der Waals surface area (Å²) in [5.74, 6) is 0.100. The molecule has 0 spiro atoms. The van der Waals surface area contributed by atoms with Crippen LogP contribution in [0, 0.1) is 5.82 Å². The van der Waals surface area contributed by atoms with E-state index >= 15 is 0 Å². The Bertz CT molecular complexity index is 586. The molecule has 1 heterocycles. The standard InChI is InChI=1S/C12H12ClFN2OS/c1-16-12(13)11(18-3)10(15-16)8-5-4-7(17-2)6-9(8)14/h4-6H,1-3H3. The van der Waals surface area contributed by atoms with Gasteiger partial charge in [-0.05, 0) is 18.4 Å². The molecule has 0 radical (unpaired) electrons. The number of benzene rings is 1. The molecule has 0 bridgehead atoms. The van der Waals surface area contributed by atoms with Crippen molar-refractivity contribution in [3.05, 3.63) is 29.2 Å². The molecule has 0 N–H and O–H groups in total. The minimum absolute atomic E-state index is 0.376. The van der Waals surface area contributed by atoms with Gasteiger partial charge in [0.1, 0.15) is 22.4 Å². The van der Waals surface area contributed by atoms with E-state index in [2.05, 4.69) is 5.10 Å². The molecule has 0 atom stereocenters. The van der Waals surface area contributed by atoms with Gasteiger partial charge in [0.05, 0.1) is 12.0 Å². The van der Waals surface area contributed by atoms with Gasteiger partial charge in [0.25, 0.3) is 0 Å². The van der Waals surface area contributed by atoms with E-state index in [1.54, 1.807) is 19.2 Å². The average Bonchev–Trinajstić information content (AvgIpc) is 2.65. The fourth-order valence-corrected chi connectivity index (χ4v) is 2.66. The molecule has 1 aromatic carbocycles. The highest BCUT2D eigenvalue weighted by molar-refractivity contribution is 7.98. The largest absolute Gasteiger partial charge is 0.497 e. The summed E-state index contributed by atoms with van der Waals surface area (Å²) < 4.78 is 20.5. The predicted molar refractivity (Wildman–Crippen MR) is 71.9 cm³/mol. The molecule has 0 saturated carbocycles. The third kappa shape index (κ3) is 2.20. The Labute approximate surface area is 114 Å². The van der Waals surface area contributed by atoms with Gasteiger partial charge < -0.3 is 4.74 Å². The fourth-order valence-electron chi connectivity index (χ4n) is 1.66. The van der Waals surface area contributed by atoms with E-state index in [0.717, 1.165) is 4.90 Å². The molecule has 0 fully saturated rings. The van der Waals surface area contributed by atoms with Crippen LogP contribution in [0.15, 0.2) is 23.1 Å². The highest BCUT2D eigenvalue weighted by Crippen LogP contribution is 2.36. The smallest absolute Gasteiger partial charge is 0.140 e. The summed E-state index contributed by atoms with van der Waals surface area (Å²) in [7, 11) is 3.23. The van der Waals surface area contributed by atoms with Crippen LogP contribution in [0.1, 0.15) is 0 Å². The summed E-state index contributed by atoms with van der Waals surface area (Å²) in [6.45, 7) is 0. The Hall–Kier alpha value is -1.20. The third-order valence-electron chi connectivity index (χ3n) is 2.57. The van der Waals surface area contributed by atoms with Crippen LogP contribution in [-0.4, -0.2) is 23.1 Å². The third-order valence-corrected chi connectivity index (χ3v) is 3.91. The molecule has 96 valence electrons. The molecule has 2 rings (SSSR count). The van der Waals surface area contributed by atoms with Crippen molar-refractivity contribution < 1.29 is 9.13 Å². The summed E-state index contributed by atoms with van der Waals surface area (Å²) in [5, 5.41) is 4.76. The Morgan fingerprint density at radius 3 is 2.72 bits per heavy atom. The van der Waals surface area contributed by atoms with E-state index in [1.807, 2.05) is 6.26 Å². The first kappa shape index (κ1) is 13.2. The van der Waals surface area contributed by atoms with Gasteiger partial charge in [-0.3, -0.25) is 4.68 Å². The second-order valence-electron chi connectivity index (χ2n) is 3.64. The molecule has 0 unspecified atom stereocenters. The topological polar surface area (TPSA) is 27.1 Å². The lowest BCUT2D eigenvalue weighted by Gasteiger charge is -2.04. The van der Waals surface area contributed by atoms with Gasteiger partial charge in [0, 0.05) is 18.7 Å². The van der Waals surface area contributed by atoms with E-state index in [0.29, 0.717) is 22.2 Å². The molecule has 2 aromatic rings. The number of ether oxygens (including phenoxy) is 1. The van der Waals surface area contributed by atoms with Crippen molar-refractivity contribution in [3.63, 3.8) is 0 Å². The van der Waals surface area contributed by atoms with Gasteiger partial charge in [-0.1, -0.05) is 11.6 Å². The van der Waals surface area contributed by atoms with E-state index in [-0.39, 0.29) is 5.82 Å². The molecular weight excluding hydrogens is 275 g/mol. The van der Waals surface area contributed by atoms with Gasteiger partial charge in [-0.25, -0.2) is 4.39 Å². The van der Waals surface area contributed by atoms with Gasteiger partial charge in [0.2, 0.25) is 0 Å². The number of halogens is 2. The second kappa shape index (κ2) is 5.20. The molecule has 0 saturated heterocycles. The minimum atomic E-state index is -0.376. The molecule has 0 amide bonds. The Morgan fingerprint density at radius 2 is 2.17 bits per heavy atom. The van der Waals surface area contributed by atoms with Gasteiger partial charge >= 0.3 is 0 Å². The van der Waals surface area contributed by atoms with Crippen molar-refractivity contribution in [2.45, 2.75) is 4.90 Å². The second-order valence-corrected chi connectivity index (χ2v) is 4.82. The molecule has 3 nitrogen and oxygen atoms in total. The summed E-state index contributed by atoms with van der Waals surface area (Å²) in [4.78, 5) is 0.767. The van der Waals surface area contributed by atoms with Crippen LogP contribution < -0.4 is 4.74 Å². The van der Waals surface area contributed by atoms with Gasteiger partial charge in [-0.15, -0.1) is 11.8 Å². The van der Waals surface area contributed by atoms with Crippen LogP contribution in [0.5, 0.6) is 5.75 Å². The number of thioether (sulfide) groups is 1. The number of methoxy groups -OCH3 is 1. The minimum Gasteiger partial charge on any atom is -0.497 e. The predicted octanol–water partition coefficient (Wildman–Crippen LogP) is 3.61. The van der Waals surface area contributed by atoms with E-state index < -0.39 is 0 Å². The first-order chi connectivity index (χ1) is 8.58. The van der Waals surface area contributed by atoms with E-state index in [9.17, 15) is 4.39 Å². The van der Waals surface area contributed by atoms with Gasteiger partial charge in [-0.2, -0.15) is 5.10 Å². The van der Waals surface area contributed by atoms with Crippen molar-refractivity contribution in [1.29, 1.82) is 0 Å². The highest BCUT2D eigenvalue weighted by Gasteiger charge is 2.18. The quantitative estimate of drug-likeness (QED) is 0.807. The maximum Gasteiger partial charge on any atom is 0.140 e. The number of hydrogen-bond acceptors (Lipinski definition) is 3. The number of hydrogen-bond donors (Lipinski definition) is 0. The van der Waals surface area contributed by atoms with Crippen molar-refractivity contribution in [2.75, 3.05) is 13.4 Å². The molecule has 18 heavy (non-hydrogen) atoms. The van der Waals surface area contributed by atoms with Crippen LogP contribution >= 0.6 is 23.4 Å². The van der Waals surface area contributed by atoms with Crippen molar-refractivity contribution in [2.24, 2.45) is 7.05 Å². The monoisotopic (exact) mass is 286 g/mol. The zero-order valence-corrected chi connectivity index (χ0v) is 11.8. The van der Waals surface area contributed by atoms with Crippen molar-refractivity contribution in [3.8, 4) is 17.0 Å². The van der Waals surface area contributed by atoms with Crippen LogP contribution in [0.2, 0.25) is 5.15 Å².